The van der Waals surface area contributed by atoms with Gasteiger partial charge in [-0.1, -0.05) is 5.16 Å². The van der Waals surface area contributed by atoms with Crippen LogP contribution in [0.1, 0.15) is 12.1 Å². The molecule has 0 bridgehead atoms. The topological polar surface area (TPSA) is 74.7 Å². The molecule has 1 saturated heterocycles. The Morgan fingerprint density at radius 1 is 1.65 bits per heavy atom. The van der Waals surface area contributed by atoms with Gasteiger partial charge in [-0.15, -0.1) is 0 Å². The number of hydrogen-bond donors (Lipinski definition) is 2. The lowest BCUT2D eigenvalue weighted by molar-refractivity contribution is 0.318. The number of anilines is 1. The fraction of sp³-hybridized carbons (Fsp3) is 0.455. The number of nitrogens with zero attached hydrogens (tertiary/aromatic N) is 3. The molecule has 1 atom stereocenters. The van der Waals surface area contributed by atoms with Crippen LogP contribution in [-0.2, 0) is 0 Å². The number of rotatable bonds is 3. The van der Waals surface area contributed by atoms with Gasteiger partial charge in [-0.2, -0.15) is 11.8 Å². The zero-order valence-corrected chi connectivity index (χ0v) is 10.5. The van der Waals surface area contributed by atoms with E-state index < -0.39 is 0 Å². The molecule has 1 aliphatic heterocycles. The first-order valence-electron chi connectivity index (χ1n) is 5.47. The van der Waals surface area contributed by atoms with Crippen LogP contribution in [0.2, 0.25) is 0 Å². The third-order valence-electron chi connectivity index (χ3n) is 2.98. The summed E-state index contributed by atoms with van der Waals surface area (Å²) in [5.74, 6) is 2.43. The molecule has 1 aromatic rings. The van der Waals surface area contributed by atoms with Crippen LogP contribution in [0.4, 0.5) is 5.69 Å². The molecule has 17 heavy (non-hydrogen) atoms. The molecule has 5 nitrogen and oxygen atoms in total. The molecule has 1 fully saturated rings. The number of hydrogen-bond acceptors (Lipinski definition) is 5. The highest BCUT2D eigenvalue weighted by Crippen LogP contribution is 2.25. The normalized spacial score (nSPS) is 20.5. The Morgan fingerprint density at radius 3 is 3.00 bits per heavy atom. The van der Waals surface area contributed by atoms with Crippen LogP contribution in [0.25, 0.3) is 0 Å². The number of aromatic nitrogens is 1. The Hall–Kier alpha value is -1.43. The van der Waals surface area contributed by atoms with Crippen LogP contribution in [0.5, 0.6) is 0 Å². The average molecular weight is 252 g/mol. The van der Waals surface area contributed by atoms with Crippen LogP contribution in [0.15, 0.2) is 23.5 Å². The summed E-state index contributed by atoms with van der Waals surface area (Å²) in [4.78, 5) is 6.42. The molecule has 0 aromatic carbocycles. The molecule has 1 aliphatic rings. The molecule has 1 aromatic heterocycles. The summed E-state index contributed by atoms with van der Waals surface area (Å²) in [6.07, 6.45) is 2.97. The predicted octanol–water partition coefficient (Wildman–Crippen LogP) is 1.12. The smallest absolute Gasteiger partial charge is 0.188 e. The van der Waals surface area contributed by atoms with Crippen molar-refractivity contribution in [3.8, 4) is 0 Å². The molecule has 6 heteroatoms. The van der Waals surface area contributed by atoms with E-state index >= 15 is 0 Å². The van der Waals surface area contributed by atoms with Crippen LogP contribution >= 0.6 is 11.8 Å². The van der Waals surface area contributed by atoms with Gasteiger partial charge in [-0.3, -0.25) is 4.98 Å². The van der Waals surface area contributed by atoms with Gasteiger partial charge in [0.1, 0.15) is 5.69 Å². The molecule has 92 valence electrons. The van der Waals surface area contributed by atoms with Crippen molar-refractivity contribution < 1.29 is 5.21 Å². The maximum Gasteiger partial charge on any atom is 0.188 e. The van der Waals surface area contributed by atoms with E-state index in [-0.39, 0.29) is 5.84 Å². The van der Waals surface area contributed by atoms with E-state index in [1.165, 1.54) is 17.9 Å². The molecular formula is C11H16N4OS. The van der Waals surface area contributed by atoms with E-state index in [4.69, 9.17) is 10.9 Å². The van der Waals surface area contributed by atoms with Crippen molar-refractivity contribution in [1.29, 1.82) is 0 Å². The first kappa shape index (κ1) is 12.0. The molecule has 3 N–H and O–H groups in total. The second kappa shape index (κ2) is 5.27. The van der Waals surface area contributed by atoms with E-state index in [9.17, 15) is 0 Å². The third-order valence-corrected chi connectivity index (χ3v) is 4.12. The van der Waals surface area contributed by atoms with Crippen molar-refractivity contribution in [3.63, 3.8) is 0 Å². The van der Waals surface area contributed by atoms with Gasteiger partial charge in [-0.05, 0) is 24.3 Å². The fourth-order valence-corrected chi connectivity index (χ4v) is 3.10. The summed E-state index contributed by atoms with van der Waals surface area (Å²) < 4.78 is 0. The molecule has 0 saturated carbocycles. The Morgan fingerprint density at radius 2 is 2.47 bits per heavy atom. The second-order valence-electron chi connectivity index (χ2n) is 4.02. The molecule has 0 aliphatic carbocycles. The minimum Gasteiger partial charge on any atom is -0.409 e. The molecule has 2 heterocycles. The first-order chi connectivity index (χ1) is 8.22. The molecule has 1 unspecified atom stereocenters. The summed E-state index contributed by atoms with van der Waals surface area (Å²) in [6.45, 7) is 0. The van der Waals surface area contributed by atoms with Crippen molar-refractivity contribution in [2.24, 2.45) is 10.9 Å². The third kappa shape index (κ3) is 2.63. The van der Waals surface area contributed by atoms with Gasteiger partial charge < -0.3 is 15.8 Å². The van der Waals surface area contributed by atoms with Crippen LogP contribution in [0.3, 0.4) is 0 Å². The monoisotopic (exact) mass is 252 g/mol. The van der Waals surface area contributed by atoms with E-state index in [1.54, 1.807) is 12.3 Å². The van der Waals surface area contributed by atoms with Gasteiger partial charge in [-0.25, -0.2) is 0 Å². The number of pyridine rings is 1. The predicted molar refractivity (Wildman–Crippen MR) is 70.9 cm³/mol. The molecular weight excluding hydrogens is 236 g/mol. The summed E-state index contributed by atoms with van der Waals surface area (Å²) in [7, 11) is 2.08. The minimum atomic E-state index is 0.0376. The van der Waals surface area contributed by atoms with Gasteiger partial charge in [0.2, 0.25) is 0 Å². The summed E-state index contributed by atoms with van der Waals surface area (Å²) in [6, 6.07) is 4.29. The summed E-state index contributed by atoms with van der Waals surface area (Å²) >= 11 is 1.98. The van der Waals surface area contributed by atoms with E-state index in [0.717, 1.165) is 5.69 Å². The SMILES string of the molecule is CN(c1ccc(/C(N)=N/O)nc1)C1CCSC1. The van der Waals surface area contributed by atoms with Crippen molar-refractivity contribution in [3.05, 3.63) is 24.0 Å². The van der Waals surface area contributed by atoms with Crippen molar-refractivity contribution in [2.75, 3.05) is 23.5 Å². The van der Waals surface area contributed by atoms with Gasteiger partial charge in [0, 0.05) is 18.8 Å². The van der Waals surface area contributed by atoms with E-state index in [2.05, 4.69) is 22.1 Å². The van der Waals surface area contributed by atoms with E-state index in [0.29, 0.717) is 11.7 Å². The number of thioether (sulfide) groups is 1. The lowest BCUT2D eigenvalue weighted by Gasteiger charge is -2.25. The van der Waals surface area contributed by atoms with Crippen LogP contribution in [-0.4, -0.2) is 40.6 Å². The van der Waals surface area contributed by atoms with Gasteiger partial charge in [0.25, 0.3) is 0 Å². The highest BCUT2D eigenvalue weighted by atomic mass is 32.2. The van der Waals surface area contributed by atoms with E-state index in [1.807, 2.05) is 17.8 Å². The van der Waals surface area contributed by atoms with Gasteiger partial charge in [0.15, 0.2) is 5.84 Å². The quantitative estimate of drug-likeness (QED) is 0.365. The second-order valence-corrected chi connectivity index (χ2v) is 5.17. The van der Waals surface area contributed by atoms with Crippen LogP contribution < -0.4 is 10.6 Å². The Balaban J connectivity index is 2.11. The molecule has 0 radical (unpaired) electrons. The lowest BCUT2D eigenvalue weighted by Crippen LogP contribution is -2.31. The summed E-state index contributed by atoms with van der Waals surface area (Å²) in [5.41, 5.74) is 7.02. The van der Waals surface area contributed by atoms with Gasteiger partial charge in [0.05, 0.1) is 11.9 Å². The number of amidine groups is 1. The maximum absolute atomic E-state index is 8.55. The molecule has 0 spiro atoms. The highest BCUT2D eigenvalue weighted by molar-refractivity contribution is 7.99. The Labute approximate surface area is 105 Å². The number of nitrogens with two attached hydrogens (primary N) is 1. The molecule has 2 rings (SSSR count). The average Bonchev–Trinajstić information content (AvgIpc) is 2.91. The molecule has 0 amide bonds. The minimum absolute atomic E-state index is 0.0376. The van der Waals surface area contributed by atoms with Crippen molar-refractivity contribution in [1.82, 2.24) is 4.98 Å². The van der Waals surface area contributed by atoms with Crippen molar-refractivity contribution >= 4 is 23.3 Å². The fourth-order valence-electron chi connectivity index (χ4n) is 1.84. The standard InChI is InChI=1S/C11H16N4OS/c1-15(9-4-5-17-7-9)8-2-3-10(13-6-8)11(12)14-16/h2-3,6,9,16H,4-5,7H2,1H3,(H2,12,14). The zero-order chi connectivity index (χ0) is 12.3. The Kier molecular flexibility index (Phi) is 3.73. The lowest BCUT2D eigenvalue weighted by atomic mass is 10.2. The van der Waals surface area contributed by atoms with Gasteiger partial charge >= 0.3 is 0 Å². The Bertz CT molecular complexity index is 400. The van der Waals surface area contributed by atoms with Crippen LogP contribution in [0, 0.1) is 0 Å². The largest absolute Gasteiger partial charge is 0.409 e. The first-order valence-corrected chi connectivity index (χ1v) is 6.62. The summed E-state index contributed by atoms with van der Waals surface area (Å²) in [5, 5.41) is 11.5. The van der Waals surface area contributed by atoms with Crippen molar-refractivity contribution in [2.45, 2.75) is 12.5 Å². The maximum atomic E-state index is 8.55. The zero-order valence-electron chi connectivity index (χ0n) is 9.71. The number of oxime groups is 1. The highest BCUT2D eigenvalue weighted by Gasteiger charge is 2.20.